The predicted octanol–water partition coefficient (Wildman–Crippen LogP) is 4.23. The third kappa shape index (κ3) is 3.85. The Hall–Kier alpha value is -2.35. The van der Waals surface area contributed by atoms with Gasteiger partial charge in [0, 0.05) is 35.4 Å². The Bertz CT molecular complexity index is 1070. The number of ether oxygens (including phenoxy) is 3. The van der Waals surface area contributed by atoms with Crippen LogP contribution in [0.3, 0.4) is 0 Å². The van der Waals surface area contributed by atoms with E-state index in [0.29, 0.717) is 25.5 Å². The second-order valence-corrected chi connectivity index (χ2v) is 8.16. The Morgan fingerprint density at radius 1 is 1.10 bits per heavy atom. The quantitative estimate of drug-likeness (QED) is 0.502. The number of fused-ring (bicyclic) bond motifs is 1. The fraction of sp³-hybridized carbons (Fsp3) is 0.348. The average molecular weight is 473 g/mol. The first kappa shape index (κ1) is 20.9. The van der Waals surface area contributed by atoms with E-state index in [1.165, 1.54) is 0 Å². The molecule has 30 heavy (non-hydrogen) atoms. The summed E-state index contributed by atoms with van der Waals surface area (Å²) in [6.45, 7) is 5.26. The summed E-state index contributed by atoms with van der Waals surface area (Å²) in [5.74, 6) is 1.60. The van der Waals surface area contributed by atoms with Gasteiger partial charge in [-0.25, -0.2) is 0 Å². The van der Waals surface area contributed by atoms with Crippen LogP contribution in [0.1, 0.15) is 16.1 Å². The van der Waals surface area contributed by atoms with Crippen molar-refractivity contribution in [2.24, 2.45) is 0 Å². The summed E-state index contributed by atoms with van der Waals surface area (Å²) in [6.07, 6.45) is 0. The third-order valence-electron chi connectivity index (χ3n) is 5.56. The van der Waals surface area contributed by atoms with Gasteiger partial charge in [-0.05, 0) is 59.3 Å². The number of Topliss-reactive ketones (excluding diaryl/α,β-unsaturated/α-hetero) is 1. The van der Waals surface area contributed by atoms with Gasteiger partial charge >= 0.3 is 0 Å². The first-order chi connectivity index (χ1) is 14.5. The summed E-state index contributed by atoms with van der Waals surface area (Å²) in [6, 6.07) is 11.8. The predicted molar refractivity (Wildman–Crippen MR) is 120 cm³/mol. The van der Waals surface area contributed by atoms with E-state index in [1.807, 2.05) is 43.3 Å². The van der Waals surface area contributed by atoms with Gasteiger partial charge in [0.15, 0.2) is 5.78 Å². The van der Waals surface area contributed by atoms with E-state index in [9.17, 15) is 4.79 Å². The fourth-order valence-corrected chi connectivity index (χ4v) is 4.52. The monoisotopic (exact) mass is 472 g/mol. The molecule has 1 fully saturated rings. The summed E-state index contributed by atoms with van der Waals surface area (Å²) in [5.41, 5.74) is 3.57. The average Bonchev–Trinajstić information content (AvgIpc) is 3.04. The highest BCUT2D eigenvalue weighted by molar-refractivity contribution is 9.10. The van der Waals surface area contributed by atoms with Gasteiger partial charge in [0.05, 0.1) is 44.0 Å². The van der Waals surface area contributed by atoms with Crippen LogP contribution in [0.5, 0.6) is 11.5 Å². The van der Waals surface area contributed by atoms with Gasteiger partial charge in [-0.3, -0.25) is 9.69 Å². The number of ketones is 1. The molecule has 0 unspecified atom stereocenters. The smallest absolute Gasteiger partial charge is 0.179 e. The van der Waals surface area contributed by atoms with Crippen molar-refractivity contribution in [1.82, 2.24) is 9.47 Å². The summed E-state index contributed by atoms with van der Waals surface area (Å²) in [5, 5.41) is 0.890. The number of rotatable bonds is 6. The highest BCUT2D eigenvalue weighted by atomic mass is 79.9. The van der Waals surface area contributed by atoms with Crippen LogP contribution in [0.2, 0.25) is 0 Å². The van der Waals surface area contributed by atoms with Crippen molar-refractivity contribution in [2.75, 3.05) is 47.1 Å². The molecule has 0 saturated carbocycles. The Morgan fingerprint density at radius 2 is 1.80 bits per heavy atom. The molecule has 0 bridgehead atoms. The Kier molecular flexibility index (Phi) is 6.13. The van der Waals surface area contributed by atoms with Gasteiger partial charge in [-0.2, -0.15) is 0 Å². The molecule has 2 aromatic carbocycles. The van der Waals surface area contributed by atoms with Crippen molar-refractivity contribution in [1.29, 1.82) is 0 Å². The number of carbonyl (C=O) groups excluding carboxylic acids is 1. The lowest BCUT2D eigenvalue weighted by molar-refractivity contribution is 0.0371. The van der Waals surface area contributed by atoms with Gasteiger partial charge in [0.2, 0.25) is 0 Å². The zero-order valence-corrected chi connectivity index (χ0v) is 19.0. The molecule has 0 radical (unpaired) electrons. The number of nitrogens with zero attached hydrogens (tertiary/aromatic N) is 2. The molecule has 0 aliphatic carbocycles. The van der Waals surface area contributed by atoms with E-state index in [2.05, 4.69) is 25.4 Å². The molecule has 1 aliphatic rings. The zero-order chi connectivity index (χ0) is 21.3. The van der Waals surface area contributed by atoms with Gasteiger partial charge in [-0.15, -0.1) is 0 Å². The molecule has 0 atom stereocenters. The molecule has 158 valence electrons. The SMILES string of the molecule is COc1ccc(-n2c(C)c(C(=O)CN3CCOCC3)c3cc(OC)c(Br)cc32)cc1. The van der Waals surface area contributed by atoms with Gasteiger partial charge in [0.25, 0.3) is 0 Å². The second kappa shape index (κ2) is 8.79. The van der Waals surface area contributed by atoms with Crippen molar-refractivity contribution >= 4 is 32.6 Å². The van der Waals surface area contributed by atoms with E-state index in [0.717, 1.165) is 51.2 Å². The van der Waals surface area contributed by atoms with E-state index < -0.39 is 0 Å². The van der Waals surface area contributed by atoms with Gasteiger partial charge < -0.3 is 18.8 Å². The van der Waals surface area contributed by atoms with Crippen molar-refractivity contribution in [3.63, 3.8) is 0 Å². The number of hydrogen-bond donors (Lipinski definition) is 0. The van der Waals surface area contributed by atoms with Crippen molar-refractivity contribution in [3.05, 3.63) is 52.1 Å². The molecule has 1 saturated heterocycles. The molecular formula is C23H25BrN2O4. The number of aromatic nitrogens is 1. The maximum Gasteiger partial charge on any atom is 0.179 e. The lowest BCUT2D eigenvalue weighted by Gasteiger charge is -2.25. The van der Waals surface area contributed by atoms with Crippen molar-refractivity contribution in [2.45, 2.75) is 6.92 Å². The zero-order valence-electron chi connectivity index (χ0n) is 17.4. The lowest BCUT2D eigenvalue weighted by atomic mass is 10.1. The summed E-state index contributed by atoms with van der Waals surface area (Å²) in [4.78, 5) is 15.6. The topological polar surface area (TPSA) is 52.9 Å². The fourth-order valence-electron chi connectivity index (χ4n) is 4.03. The van der Waals surface area contributed by atoms with Crippen molar-refractivity contribution in [3.8, 4) is 17.2 Å². The molecule has 0 amide bonds. The standard InChI is InChI=1S/C23H25BrN2O4/c1-15-23(21(27)14-25-8-10-30-11-9-25)18-12-22(29-3)19(24)13-20(18)26(15)16-4-6-17(28-2)7-5-16/h4-7,12-13H,8-11,14H2,1-3H3. The first-order valence-corrected chi connectivity index (χ1v) is 10.7. The Balaban J connectivity index is 1.85. The first-order valence-electron chi connectivity index (χ1n) is 9.89. The lowest BCUT2D eigenvalue weighted by Crippen LogP contribution is -2.39. The molecule has 6 nitrogen and oxygen atoms in total. The van der Waals surface area contributed by atoms with Crippen LogP contribution in [0, 0.1) is 6.92 Å². The number of carbonyl (C=O) groups is 1. The molecule has 0 spiro atoms. The minimum absolute atomic E-state index is 0.107. The van der Waals surface area contributed by atoms with E-state index in [1.54, 1.807) is 14.2 Å². The number of hydrogen-bond acceptors (Lipinski definition) is 5. The van der Waals surface area contributed by atoms with E-state index >= 15 is 0 Å². The minimum Gasteiger partial charge on any atom is -0.497 e. The molecule has 4 rings (SSSR count). The van der Waals surface area contributed by atoms with Gasteiger partial charge in [-0.1, -0.05) is 0 Å². The van der Waals surface area contributed by atoms with Crippen molar-refractivity contribution < 1.29 is 19.0 Å². The number of methoxy groups -OCH3 is 2. The summed E-state index contributed by atoms with van der Waals surface area (Å²) in [7, 11) is 3.28. The highest BCUT2D eigenvalue weighted by Crippen LogP contribution is 2.37. The minimum atomic E-state index is 0.107. The van der Waals surface area contributed by atoms with Crippen LogP contribution in [0.15, 0.2) is 40.9 Å². The maximum absolute atomic E-state index is 13.4. The number of morpholine rings is 1. The Labute approximate surface area is 184 Å². The van der Waals surface area contributed by atoms with Crippen LogP contribution in [0.25, 0.3) is 16.6 Å². The molecule has 3 aromatic rings. The molecule has 1 aliphatic heterocycles. The highest BCUT2D eigenvalue weighted by Gasteiger charge is 2.24. The molecular weight excluding hydrogens is 448 g/mol. The Morgan fingerprint density at radius 3 is 2.43 bits per heavy atom. The number of halogens is 1. The largest absolute Gasteiger partial charge is 0.497 e. The van der Waals surface area contributed by atoms with Gasteiger partial charge in [0.1, 0.15) is 11.5 Å². The molecule has 0 N–H and O–H groups in total. The number of benzene rings is 2. The normalized spacial score (nSPS) is 14.8. The van der Waals surface area contributed by atoms with Crippen LogP contribution in [-0.2, 0) is 4.74 Å². The summed E-state index contributed by atoms with van der Waals surface area (Å²) >= 11 is 3.59. The van der Waals surface area contributed by atoms with E-state index in [4.69, 9.17) is 14.2 Å². The molecule has 7 heteroatoms. The molecule has 1 aromatic heterocycles. The third-order valence-corrected chi connectivity index (χ3v) is 6.18. The van der Waals surface area contributed by atoms with Crippen LogP contribution >= 0.6 is 15.9 Å². The van der Waals surface area contributed by atoms with Crippen LogP contribution < -0.4 is 9.47 Å². The second-order valence-electron chi connectivity index (χ2n) is 7.31. The summed E-state index contributed by atoms with van der Waals surface area (Å²) < 4.78 is 19.2. The van der Waals surface area contributed by atoms with Crippen LogP contribution in [0.4, 0.5) is 0 Å². The maximum atomic E-state index is 13.4. The van der Waals surface area contributed by atoms with Crippen LogP contribution in [-0.4, -0.2) is 62.3 Å². The molecule has 2 heterocycles. The van der Waals surface area contributed by atoms with E-state index in [-0.39, 0.29) is 5.78 Å².